The van der Waals surface area contributed by atoms with Crippen LogP contribution >= 0.6 is 11.6 Å². The Kier molecular flexibility index (Phi) is 3.45. The van der Waals surface area contributed by atoms with Crippen LogP contribution in [0, 0.1) is 13.8 Å². The summed E-state index contributed by atoms with van der Waals surface area (Å²) in [5.74, 6) is 0. The van der Waals surface area contributed by atoms with Crippen molar-refractivity contribution in [2.75, 3.05) is 0 Å². The summed E-state index contributed by atoms with van der Waals surface area (Å²) in [6.45, 7) is 3.74. The fourth-order valence-electron chi connectivity index (χ4n) is 2.14. The van der Waals surface area contributed by atoms with Crippen molar-refractivity contribution in [1.82, 2.24) is 19.6 Å². The minimum Gasteiger partial charge on any atom is -0.388 e. The third-order valence-corrected chi connectivity index (χ3v) is 3.55. The first-order chi connectivity index (χ1) is 8.40. The lowest BCUT2D eigenvalue weighted by molar-refractivity contribution is 0.175. The first-order valence-electron chi connectivity index (χ1n) is 5.76. The summed E-state index contributed by atoms with van der Waals surface area (Å²) in [5, 5.41) is 19.4. The van der Waals surface area contributed by atoms with Crippen molar-refractivity contribution in [3.05, 3.63) is 33.9 Å². The van der Waals surface area contributed by atoms with E-state index in [9.17, 15) is 5.11 Å². The van der Waals surface area contributed by atoms with E-state index in [0.29, 0.717) is 11.4 Å². The summed E-state index contributed by atoms with van der Waals surface area (Å²) in [5.41, 5.74) is 3.28. The van der Waals surface area contributed by atoms with Crippen molar-refractivity contribution >= 4 is 11.6 Å². The van der Waals surface area contributed by atoms with Gasteiger partial charge >= 0.3 is 0 Å². The van der Waals surface area contributed by atoms with Gasteiger partial charge in [-0.2, -0.15) is 10.2 Å². The fourth-order valence-corrected chi connectivity index (χ4v) is 2.38. The molecule has 0 amide bonds. The van der Waals surface area contributed by atoms with Crippen molar-refractivity contribution in [2.45, 2.75) is 26.4 Å². The van der Waals surface area contributed by atoms with E-state index in [1.165, 1.54) is 0 Å². The predicted octanol–water partition coefficient (Wildman–Crippen LogP) is 1.70. The molecule has 0 fully saturated rings. The molecule has 0 saturated carbocycles. The van der Waals surface area contributed by atoms with Crippen molar-refractivity contribution in [3.63, 3.8) is 0 Å². The van der Waals surface area contributed by atoms with E-state index in [4.69, 9.17) is 11.6 Å². The number of aliphatic hydroxyl groups excluding tert-OH is 1. The number of nitrogens with zero attached hydrogens (tertiary/aromatic N) is 4. The quantitative estimate of drug-likeness (QED) is 0.922. The molecule has 0 aliphatic carbocycles. The predicted molar refractivity (Wildman–Crippen MR) is 69.6 cm³/mol. The molecule has 1 unspecified atom stereocenters. The Morgan fingerprint density at radius 1 is 1.28 bits per heavy atom. The van der Waals surface area contributed by atoms with E-state index < -0.39 is 6.10 Å². The minimum atomic E-state index is -0.619. The summed E-state index contributed by atoms with van der Waals surface area (Å²) in [6, 6.07) is 0. The molecule has 0 radical (unpaired) electrons. The van der Waals surface area contributed by atoms with Crippen LogP contribution in [0.5, 0.6) is 0 Å². The van der Waals surface area contributed by atoms with Gasteiger partial charge in [0.25, 0.3) is 0 Å². The molecule has 1 atom stereocenters. The van der Waals surface area contributed by atoms with Gasteiger partial charge in [-0.25, -0.2) is 0 Å². The second-order valence-electron chi connectivity index (χ2n) is 4.53. The number of aliphatic hydroxyl groups is 1. The Hall–Kier alpha value is -1.33. The van der Waals surface area contributed by atoms with E-state index in [1.54, 1.807) is 9.36 Å². The van der Waals surface area contributed by atoms with Crippen molar-refractivity contribution in [3.8, 4) is 0 Å². The number of hydrogen-bond donors (Lipinski definition) is 1. The highest BCUT2D eigenvalue weighted by Gasteiger charge is 2.19. The van der Waals surface area contributed by atoms with Gasteiger partial charge in [0, 0.05) is 32.3 Å². The monoisotopic (exact) mass is 268 g/mol. The smallest absolute Gasteiger partial charge is 0.0878 e. The van der Waals surface area contributed by atoms with Crippen LogP contribution in [-0.2, 0) is 20.5 Å². The largest absolute Gasteiger partial charge is 0.388 e. The van der Waals surface area contributed by atoms with Gasteiger partial charge < -0.3 is 5.11 Å². The van der Waals surface area contributed by atoms with E-state index >= 15 is 0 Å². The molecule has 98 valence electrons. The fraction of sp³-hybridized carbons (Fsp3) is 0.500. The average Bonchev–Trinajstić information content (AvgIpc) is 2.73. The van der Waals surface area contributed by atoms with Gasteiger partial charge in [-0.3, -0.25) is 9.36 Å². The van der Waals surface area contributed by atoms with E-state index in [2.05, 4.69) is 10.2 Å². The van der Waals surface area contributed by atoms with Crippen LogP contribution in [0.3, 0.4) is 0 Å². The van der Waals surface area contributed by atoms with Gasteiger partial charge in [-0.15, -0.1) is 0 Å². The van der Waals surface area contributed by atoms with Crippen LogP contribution in [-0.4, -0.2) is 24.7 Å². The molecule has 1 N–H and O–H groups in total. The third-order valence-electron chi connectivity index (χ3n) is 3.06. The van der Waals surface area contributed by atoms with Gasteiger partial charge in [0.2, 0.25) is 0 Å². The molecule has 0 spiro atoms. The molecule has 0 bridgehead atoms. The Morgan fingerprint density at radius 3 is 2.39 bits per heavy atom. The second-order valence-corrected chi connectivity index (χ2v) is 4.91. The molecular weight excluding hydrogens is 252 g/mol. The van der Waals surface area contributed by atoms with Crippen LogP contribution in [0.25, 0.3) is 0 Å². The molecule has 2 aromatic rings. The van der Waals surface area contributed by atoms with Gasteiger partial charge in [-0.1, -0.05) is 11.6 Å². The Morgan fingerprint density at radius 2 is 1.94 bits per heavy atom. The van der Waals surface area contributed by atoms with E-state index in [-0.39, 0.29) is 0 Å². The summed E-state index contributed by atoms with van der Waals surface area (Å²) in [7, 11) is 3.67. The first kappa shape index (κ1) is 13.1. The highest BCUT2D eigenvalue weighted by atomic mass is 35.5. The maximum atomic E-state index is 10.3. The average molecular weight is 269 g/mol. The number of hydrogen-bond acceptors (Lipinski definition) is 3. The normalized spacial score (nSPS) is 13.0. The SMILES string of the molecule is Cc1nn(C)cc1C(O)Cc1c(Cl)c(C)nn1C. The van der Waals surface area contributed by atoms with Crippen LogP contribution < -0.4 is 0 Å². The lowest BCUT2D eigenvalue weighted by Crippen LogP contribution is -2.07. The maximum absolute atomic E-state index is 10.3. The zero-order chi connectivity index (χ0) is 13.4. The van der Waals surface area contributed by atoms with Crippen LogP contribution in [0.1, 0.15) is 28.7 Å². The number of rotatable bonds is 3. The molecule has 0 aliphatic heterocycles. The molecule has 0 aromatic carbocycles. The van der Waals surface area contributed by atoms with Gasteiger partial charge in [0.1, 0.15) is 0 Å². The summed E-state index contributed by atoms with van der Waals surface area (Å²) in [6.07, 6.45) is 1.64. The van der Waals surface area contributed by atoms with Crippen molar-refractivity contribution in [1.29, 1.82) is 0 Å². The summed E-state index contributed by atoms with van der Waals surface area (Å²) >= 11 is 6.18. The Bertz CT molecular complexity index is 573. The molecule has 2 heterocycles. The molecule has 2 rings (SSSR count). The van der Waals surface area contributed by atoms with Crippen LogP contribution in [0.4, 0.5) is 0 Å². The zero-order valence-electron chi connectivity index (χ0n) is 11.0. The minimum absolute atomic E-state index is 0.433. The number of halogens is 1. The molecule has 18 heavy (non-hydrogen) atoms. The van der Waals surface area contributed by atoms with Gasteiger partial charge in [-0.05, 0) is 13.8 Å². The maximum Gasteiger partial charge on any atom is 0.0878 e. The molecule has 5 nitrogen and oxygen atoms in total. The topological polar surface area (TPSA) is 55.9 Å². The highest BCUT2D eigenvalue weighted by Crippen LogP contribution is 2.26. The molecular formula is C12H17ClN4O. The molecule has 6 heteroatoms. The third kappa shape index (κ3) is 2.28. The lowest BCUT2D eigenvalue weighted by atomic mass is 10.1. The zero-order valence-corrected chi connectivity index (χ0v) is 11.7. The van der Waals surface area contributed by atoms with E-state index in [0.717, 1.165) is 22.6 Å². The summed E-state index contributed by atoms with van der Waals surface area (Å²) < 4.78 is 3.41. The van der Waals surface area contributed by atoms with Crippen LogP contribution in [0.2, 0.25) is 5.02 Å². The number of aromatic nitrogens is 4. The summed E-state index contributed by atoms with van der Waals surface area (Å²) in [4.78, 5) is 0. The van der Waals surface area contributed by atoms with Gasteiger partial charge in [0.15, 0.2) is 0 Å². The molecule has 0 saturated heterocycles. The van der Waals surface area contributed by atoms with E-state index in [1.807, 2.05) is 34.1 Å². The first-order valence-corrected chi connectivity index (χ1v) is 6.14. The highest BCUT2D eigenvalue weighted by molar-refractivity contribution is 6.31. The molecule has 2 aromatic heterocycles. The van der Waals surface area contributed by atoms with Crippen LogP contribution in [0.15, 0.2) is 6.20 Å². The standard InChI is InChI=1S/C12H17ClN4O/c1-7-9(6-16(3)14-7)11(18)5-10-12(13)8(2)15-17(10)4/h6,11,18H,5H2,1-4H3. The lowest BCUT2D eigenvalue weighted by Gasteiger charge is -2.10. The Labute approximate surface area is 111 Å². The van der Waals surface area contributed by atoms with Crippen molar-refractivity contribution in [2.24, 2.45) is 14.1 Å². The number of aryl methyl sites for hydroxylation is 4. The van der Waals surface area contributed by atoms with Crippen molar-refractivity contribution < 1.29 is 5.11 Å². The van der Waals surface area contributed by atoms with Gasteiger partial charge in [0.05, 0.1) is 28.2 Å². The Balaban J connectivity index is 2.26. The molecule has 0 aliphatic rings. The second kappa shape index (κ2) is 4.74.